The van der Waals surface area contributed by atoms with Gasteiger partial charge in [0.25, 0.3) is 0 Å². The van der Waals surface area contributed by atoms with Crippen molar-refractivity contribution in [1.82, 2.24) is 10.2 Å². The molecule has 15 heavy (non-hydrogen) atoms. The highest BCUT2D eigenvalue weighted by atomic mass is 79.9. The van der Waals surface area contributed by atoms with Crippen LogP contribution in [0.2, 0.25) is 0 Å². The van der Waals surface area contributed by atoms with Gasteiger partial charge in [0.1, 0.15) is 6.04 Å². The molecule has 1 heterocycles. The number of nitrogens with zero attached hydrogens (tertiary/aromatic N) is 2. The summed E-state index contributed by atoms with van der Waals surface area (Å²) in [6, 6.07) is 7.35. The van der Waals surface area contributed by atoms with E-state index in [-0.39, 0.29) is 6.04 Å². The van der Waals surface area contributed by atoms with E-state index >= 15 is 0 Å². The quantitative estimate of drug-likeness (QED) is 0.906. The summed E-state index contributed by atoms with van der Waals surface area (Å²) in [6.45, 7) is 1.74. The van der Waals surface area contributed by atoms with E-state index in [4.69, 9.17) is 10.2 Å². The minimum absolute atomic E-state index is 0.362. The van der Waals surface area contributed by atoms with Crippen molar-refractivity contribution in [3.8, 4) is 0 Å². The van der Waals surface area contributed by atoms with E-state index < -0.39 is 0 Å². The predicted molar refractivity (Wildman–Crippen MR) is 59.2 cm³/mol. The number of aryl methyl sites for hydroxylation is 1. The zero-order chi connectivity index (χ0) is 10.8. The van der Waals surface area contributed by atoms with E-state index in [1.165, 1.54) is 0 Å². The molecule has 1 unspecified atom stereocenters. The van der Waals surface area contributed by atoms with Crippen LogP contribution >= 0.6 is 15.9 Å². The molecule has 0 bridgehead atoms. The zero-order valence-corrected chi connectivity index (χ0v) is 9.73. The third-order valence-electron chi connectivity index (χ3n) is 2.04. The topological polar surface area (TPSA) is 64.9 Å². The van der Waals surface area contributed by atoms with Crippen LogP contribution in [-0.4, -0.2) is 10.2 Å². The number of nitrogens with two attached hydrogens (primary N) is 1. The third kappa shape index (κ3) is 2.24. The molecule has 1 aromatic carbocycles. The highest BCUT2D eigenvalue weighted by molar-refractivity contribution is 9.10. The molecule has 4 nitrogen and oxygen atoms in total. The lowest BCUT2D eigenvalue weighted by molar-refractivity contribution is 0.450. The minimum atomic E-state index is -0.362. The van der Waals surface area contributed by atoms with Gasteiger partial charge in [-0.3, -0.25) is 0 Å². The molecule has 0 spiro atoms. The second-order valence-corrected chi connectivity index (χ2v) is 4.10. The summed E-state index contributed by atoms with van der Waals surface area (Å²) in [5.74, 6) is 0.965. The summed E-state index contributed by atoms with van der Waals surface area (Å²) in [5, 5.41) is 7.64. The van der Waals surface area contributed by atoms with Crippen molar-refractivity contribution < 1.29 is 4.42 Å². The van der Waals surface area contributed by atoms with E-state index in [1.807, 2.05) is 24.3 Å². The Kier molecular flexibility index (Phi) is 2.83. The summed E-state index contributed by atoms with van der Waals surface area (Å²) < 4.78 is 6.29. The van der Waals surface area contributed by atoms with Crippen LogP contribution in [0.25, 0.3) is 0 Å². The summed E-state index contributed by atoms with van der Waals surface area (Å²) in [6.07, 6.45) is 0. The van der Waals surface area contributed by atoms with Crippen LogP contribution in [0.15, 0.2) is 33.2 Å². The number of rotatable bonds is 2. The van der Waals surface area contributed by atoms with Gasteiger partial charge in [0.05, 0.1) is 0 Å². The maximum absolute atomic E-state index is 5.97. The second kappa shape index (κ2) is 4.12. The molecule has 5 heteroatoms. The van der Waals surface area contributed by atoms with Crippen molar-refractivity contribution in [2.75, 3.05) is 0 Å². The van der Waals surface area contributed by atoms with E-state index in [9.17, 15) is 0 Å². The first-order valence-corrected chi connectivity index (χ1v) is 5.27. The van der Waals surface area contributed by atoms with Crippen molar-refractivity contribution in [1.29, 1.82) is 0 Å². The van der Waals surface area contributed by atoms with E-state index in [0.29, 0.717) is 11.8 Å². The SMILES string of the molecule is Cc1nnc(C(N)c2ccc(Br)cc2)o1. The predicted octanol–water partition coefficient (Wildman–Crippen LogP) is 2.19. The van der Waals surface area contributed by atoms with Gasteiger partial charge in [-0.05, 0) is 17.7 Å². The molecule has 0 saturated carbocycles. The van der Waals surface area contributed by atoms with Crippen molar-refractivity contribution in [2.45, 2.75) is 13.0 Å². The van der Waals surface area contributed by atoms with Crippen molar-refractivity contribution >= 4 is 15.9 Å². The number of hydrogen-bond donors (Lipinski definition) is 1. The van der Waals surface area contributed by atoms with Crippen LogP contribution in [-0.2, 0) is 0 Å². The Morgan fingerprint density at radius 2 is 1.93 bits per heavy atom. The smallest absolute Gasteiger partial charge is 0.237 e. The maximum Gasteiger partial charge on any atom is 0.237 e. The van der Waals surface area contributed by atoms with Gasteiger partial charge in [-0.25, -0.2) is 0 Å². The Balaban J connectivity index is 2.28. The van der Waals surface area contributed by atoms with Gasteiger partial charge < -0.3 is 10.2 Å². The van der Waals surface area contributed by atoms with Crippen molar-refractivity contribution in [2.24, 2.45) is 5.73 Å². The Bertz CT molecular complexity index is 452. The first-order chi connectivity index (χ1) is 7.16. The Morgan fingerprint density at radius 3 is 2.47 bits per heavy atom. The molecule has 0 aliphatic rings. The average Bonchev–Trinajstić information content (AvgIpc) is 2.65. The Hall–Kier alpha value is -1.20. The molecule has 0 amide bonds. The molecule has 0 aliphatic heterocycles. The Morgan fingerprint density at radius 1 is 1.27 bits per heavy atom. The van der Waals surface area contributed by atoms with E-state index in [2.05, 4.69) is 26.1 Å². The molecule has 2 N–H and O–H groups in total. The first-order valence-electron chi connectivity index (χ1n) is 4.48. The van der Waals surface area contributed by atoms with Gasteiger partial charge in [-0.2, -0.15) is 0 Å². The Labute approximate surface area is 95.6 Å². The molecule has 0 saturated heterocycles. The molecule has 1 aromatic heterocycles. The lowest BCUT2D eigenvalue weighted by Gasteiger charge is -2.06. The lowest BCUT2D eigenvalue weighted by Crippen LogP contribution is -2.12. The van der Waals surface area contributed by atoms with Gasteiger partial charge in [0.2, 0.25) is 11.8 Å². The average molecular weight is 268 g/mol. The zero-order valence-electron chi connectivity index (χ0n) is 8.14. The number of aromatic nitrogens is 2. The molecular weight excluding hydrogens is 258 g/mol. The molecule has 1 atom stereocenters. The van der Waals surface area contributed by atoms with Crippen LogP contribution in [0.1, 0.15) is 23.4 Å². The summed E-state index contributed by atoms with van der Waals surface area (Å²) >= 11 is 3.36. The molecule has 0 aliphatic carbocycles. The van der Waals surface area contributed by atoms with E-state index in [0.717, 1.165) is 10.0 Å². The fraction of sp³-hybridized carbons (Fsp3) is 0.200. The number of halogens is 1. The van der Waals surface area contributed by atoms with E-state index in [1.54, 1.807) is 6.92 Å². The lowest BCUT2D eigenvalue weighted by atomic mass is 10.1. The van der Waals surface area contributed by atoms with Crippen LogP contribution in [0.4, 0.5) is 0 Å². The van der Waals surface area contributed by atoms with Crippen molar-refractivity contribution in [3.05, 3.63) is 46.1 Å². The largest absolute Gasteiger partial charge is 0.424 e. The summed E-state index contributed by atoms with van der Waals surface area (Å²) in [5.41, 5.74) is 6.91. The standard InChI is InChI=1S/C10H10BrN3O/c1-6-13-14-10(15-6)9(12)7-2-4-8(11)5-3-7/h2-5,9H,12H2,1H3. The molecule has 78 valence electrons. The fourth-order valence-corrected chi connectivity index (χ4v) is 1.51. The fourth-order valence-electron chi connectivity index (χ4n) is 1.25. The van der Waals surface area contributed by atoms with Crippen LogP contribution in [0.5, 0.6) is 0 Å². The maximum atomic E-state index is 5.97. The normalized spacial score (nSPS) is 12.7. The molecular formula is C10H10BrN3O. The van der Waals surface area contributed by atoms with Gasteiger partial charge in [-0.15, -0.1) is 10.2 Å². The third-order valence-corrected chi connectivity index (χ3v) is 2.57. The van der Waals surface area contributed by atoms with Crippen LogP contribution < -0.4 is 5.73 Å². The summed E-state index contributed by atoms with van der Waals surface area (Å²) in [4.78, 5) is 0. The molecule has 0 fully saturated rings. The monoisotopic (exact) mass is 267 g/mol. The minimum Gasteiger partial charge on any atom is -0.424 e. The summed E-state index contributed by atoms with van der Waals surface area (Å²) in [7, 11) is 0. The van der Waals surface area contributed by atoms with Gasteiger partial charge >= 0.3 is 0 Å². The number of benzene rings is 1. The molecule has 2 aromatic rings. The van der Waals surface area contributed by atoms with Gasteiger partial charge in [0.15, 0.2) is 0 Å². The molecule has 2 rings (SSSR count). The second-order valence-electron chi connectivity index (χ2n) is 3.19. The number of hydrogen-bond acceptors (Lipinski definition) is 4. The first kappa shape index (κ1) is 10.3. The molecule has 0 radical (unpaired) electrons. The van der Waals surface area contributed by atoms with Crippen LogP contribution in [0, 0.1) is 6.92 Å². The highest BCUT2D eigenvalue weighted by Gasteiger charge is 2.14. The van der Waals surface area contributed by atoms with Gasteiger partial charge in [0, 0.05) is 11.4 Å². The van der Waals surface area contributed by atoms with Gasteiger partial charge in [-0.1, -0.05) is 28.1 Å². The van der Waals surface area contributed by atoms with Crippen LogP contribution in [0.3, 0.4) is 0 Å². The van der Waals surface area contributed by atoms with Crippen molar-refractivity contribution in [3.63, 3.8) is 0 Å². The highest BCUT2D eigenvalue weighted by Crippen LogP contribution is 2.20.